The normalized spacial score (nSPS) is 11.9. The molecule has 2 aromatic heterocycles. The lowest BCUT2D eigenvalue weighted by Crippen LogP contribution is -2.10. The van der Waals surface area contributed by atoms with Gasteiger partial charge >= 0.3 is 6.18 Å². The molecule has 78 valence electrons. The molecule has 0 atom stereocenters. The van der Waals surface area contributed by atoms with Gasteiger partial charge in [0.25, 0.3) is 0 Å². The SMILES string of the molecule is O=Cc1cn2c(C(F)(F)F)cccc2n1. The third-order valence-electron chi connectivity index (χ3n) is 1.92. The highest BCUT2D eigenvalue weighted by Gasteiger charge is 2.33. The molecule has 0 aromatic carbocycles. The fourth-order valence-corrected chi connectivity index (χ4v) is 1.32. The molecule has 2 aromatic rings. The average Bonchev–Trinajstić information content (AvgIpc) is 2.57. The van der Waals surface area contributed by atoms with Crippen molar-refractivity contribution in [3.8, 4) is 0 Å². The highest BCUT2D eigenvalue weighted by Crippen LogP contribution is 2.29. The fraction of sp³-hybridized carbons (Fsp3) is 0.111. The number of aldehydes is 1. The zero-order valence-electron chi connectivity index (χ0n) is 7.32. The Balaban J connectivity index is 2.75. The van der Waals surface area contributed by atoms with E-state index in [1.54, 1.807) is 0 Å². The summed E-state index contributed by atoms with van der Waals surface area (Å²) in [4.78, 5) is 14.1. The molecule has 2 heterocycles. The van der Waals surface area contributed by atoms with Crippen molar-refractivity contribution in [3.05, 3.63) is 35.8 Å². The van der Waals surface area contributed by atoms with Crippen LogP contribution >= 0.6 is 0 Å². The smallest absolute Gasteiger partial charge is 0.296 e. The lowest BCUT2D eigenvalue weighted by atomic mass is 10.3. The summed E-state index contributed by atoms with van der Waals surface area (Å²) in [6.07, 6.45) is -2.99. The zero-order chi connectivity index (χ0) is 11.1. The van der Waals surface area contributed by atoms with E-state index in [0.29, 0.717) is 6.29 Å². The largest absolute Gasteiger partial charge is 0.431 e. The molecule has 0 radical (unpaired) electrons. The zero-order valence-corrected chi connectivity index (χ0v) is 7.32. The number of alkyl halides is 3. The molecule has 0 aliphatic carbocycles. The lowest BCUT2D eigenvalue weighted by molar-refractivity contribution is -0.142. The average molecular weight is 214 g/mol. The van der Waals surface area contributed by atoms with Crippen LogP contribution in [0.4, 0.5) is 13.2 Å². The molecule has 3 nitrogen and oxygen atoms in total. The van der Waals surface area contributed by atoms with Gasteiger partial charge in [0.15, 0.2) is 6.29 Å². The van der Waals surface area contributed by atoms with Crippen molar-refractivity contribution < 1.29 is 18.0 Å². The van der Waals surface area contributed by atoms with Gasteiger partial charge in [-0.1, -0.05) is 6.07 Å². The molecule has 0 saturated heterocycles. The summed E-state index contributed by atoms with van der Waals surface area (Å²) in [5.74, 6) is 0. The van der Waals surface area contributed by atoms with Gasteiger partial charge in [-0.3, -0.25) is 9.20 Å². The molecular formula is C9H5F3N2O. The minimum Gasteiger partial charge on any atom is -0.296 e. The first-order chi connectivity index (χ1) is 7.02. The van der Waals surface area contributed by atoms with E-state index in [4.69, 9.17) is 0 Å². The fourth-order valence-electron chi connectivity index (χ4n) is 1.32. The summed E-state index contributed by atoms with van der Waals surface area (Å²) in [5.41, 5.74) is -0.765. The number of pyridine rings is 1. The number of imidazole rings is 1. The van der Waals surface area contributed by atoms with Gasteiger partial charge in [-0.15, -0.1) is 0 Å². The van der Waals surface area contributed by atoms with Crippen molar-refractivity contribution in [1.82, 2.24) is 9.38 Å². The van der Waals surface area contributed by atoms with Gasteiger partial charge < -0.3 is 0 Å². The molecule has 6 heteroatoms. The van der Waals surface area contributed by atoms with Crippen LogP contribution in [-0.4, -0.2) is 15.7 Å². The first-order valence-electron chi connectivity index (χ1n) is 4.03. The maximum absolute atomic E-state index is 12.5. The number of fused-ring (bicyclic) bond motifs is 1. The van der Waals surface area contributed by atoms with Crippen molar-refractivity contribution in [2.24, 2.45) is 0 Å². The highest BCUT2D eigenvalue weighted by molar-refractivity contribution is 5.73. The predicted octanol–water partition coefficient (Wildman–Crippen LogP) is 2.17. The number of carbonyl (C=O) groups is 1. The van der Waals surface area contributed by atoms with Crippen LogP contribution in [0.3, 0.4) is 0 Å². The summed E-state index contributed by atoms with van der Waals surface area (Å²) in [6, 6.07) is 3.59. The highest BCUT2D eigenvalue weighted by atomic mass is 19.4. The van der Waals surface area contributed by atoms with Crippen molar-refractivity contribution in [2.75, 3.05) is 0 Å². The summed E-state index contributed by atoms with van der Waals surface area (Å²) >= 11 is 0. The van der Waals surface area contributed by atoms with E-state index < -0.39 is 11.9 Å². The molecule has 0 fully saturated rings. The second-order valence-corrected chi connectivity index (χ2v) is 2.92. The Morgan fingerprint density at radius 2 is 2.07 bits per heavy atom. The Hall–Kier alpha value is -1.85. The Kier molecular flexibility index (Phi) is 1.99. The first-order valence-corrected chi connectivity index (χ1v) is 4.03. The predicted molar refractivity (Wildman–Crippen MR) is 45.6 cm³/mol. The van der Waals surface area contributed by atoms with E-state index in [0.717, 1.165) is 16.7 Å². The van der Waals surface area contributed by atoms with E-state index >= 15 is 0 Å². The standard InChI is InChI=1S/C9H5F3N2O/c10-9(11,12)7-2-1-3-8-13-6(5-15)4-14(7)8/h1-5H. The third kappa shape index (κ3) is 1.58. The summed E-state index contributed by atoms with van der Waals surface area (Å²) in [6.45, 7) is 0. The van der Waals surface area contributed by atoms with Gasteiger partial charge in [0.05, 0.1) is 0 Å². The van der Waals surface area contributed by atoms with Gasteiger partial charge in [0, 0.05) is 6.20 Å². The number of nitrogens with zero attached hydrogens (tertiary/aromatic N) is 2. The lowest BCUT2D eigenvalue weighted by Gasteiger charge is -2.08. The molecule has 0 aliphatic rings. The van der Waals surface area contributed by atoms with Crippen molar-refractivity contribution in [2.45, 2.75) is 6.18 Å². The number of halogens is 3. The summed E-state index contributed by atoms with van der Waals surface area (Å²) in [5, 5.41) is 0. The van der Waals surface area contributed by atoms with E-state index in [1.165, 1.54) is 12.1 Å². The van der Waals surface area contributed by atoms with Gasteiger partial charge in [0.2, 0.25) is 0 Å². The number of carbonyl (C=O) groups excluding carboxylic acids is 1. The van der Waals surface area contributed by atoms with Crippen LogP contribution in [0.15, 0.2) is 24.4 Å². The molecule has 15 heavy (non-hydrogen) atoms. The molecule has 0 aliphatic heterocycles. The van der Waals surface area contributed by atoms with E-state index in [9.17, 15) is 18.0 Å². The van der Waals surface area contributed by atoms with E-state index in [-0.39, 0.29) is 11.3 Å². The first kappa shape index (κ1) is 9.70. The van der Waals surface area contributed by atoms with Crippen molar-refractivity contribution in [3.63, 3.8) is 0 Å². The second-order valence-electron chi connectivity index (χ2n) is 2.92. The molecule has 0 N–H and O–H groups in total. The molecular weight excluding hydrogens is 209 g/mol. The Labute approximate surface area is 82.2 Å². The molecule has 0 amide bonds. The van der Waals surface area contributed by atoms with E-state index in [2.05, 4.69) is 4.98 Å². The van der Waals surface area contributed by atoms with Gasteiger partial charge in [-0.05, 0) is 12.1 Å². The summed E-state index contributed by atoms with van der Waals surface area (Å²) < 4.78 is 38.3. The maximum Gasteiger partial charge on any atom is 0.431 e. The Morgan fingerprint density at radius 3 is 2.67 bits per heavy atom. The molecule has 0 bridgehead atoms. The number of hydrogen-bond acceptors (Lipinski definition) is 2. The minimum absolute atomic E-state index is 0.0216. The van der Waals surface area contributed by atoms with Crippen molar-refractivity contribution in [1.29, 1.82) is 0 Å². The van der Waals surface area contributed by atoms with Gasteiger partial charge in [-0.2, -0.15) is 13.2 Å². The minimum atomic E-state index is -4.46. The Morgan fingerprint density at radius 1 is 1.33 bits per heavy atom. The number of rotatable bonds is 1. The van der Waals surface area contributed by atoms with Crippen LogP contribution in [0.1, 0.15) is 16.2 Å². The van der Waals surface area contributed by atoms with Gasteiger partial charge in [-0.25, -0.2) is 4.98 Å². The number of aromatic nitrogens is 2. The van der Waals surface area contributed by atoms with Crippen LogP contribution < -0.4 is 0 Å². The quantitative estimate of drug-likeness (QED) is 0.682. The van der Waals surface area contributed by atoms with Gasteiger partial charge in [0.1, 0.15) is 17.0 Å². The second kappa shape index (κ2) is 3.08. The topological polar surface area (TPSA) is 34.4 Å². The summed E-state index contributed by atoms with van der Waals surface area (Å²) in [7, 11) is 0. The third-order valence-corrected chi connectivity index (χ3v) is 1.92. The molecule has 0 spiro atoms. The van der Waals surface area contributed by atoms with Crippen LogP contribution in [-0.2, 0) is 6.18 Å². The van der Waals surface area contributed by atoms with E-state index in [1.807, 2.05) is 0 Å². The number of hydrogen-bond donors (Lipinski definition) is 0. The Bertz CT molecular complexity index is 516. The van der Waals surface area contributed by atoms with Crippen LogP contribution in [0.25, 0.3) is 5.65 Å². The van der Waals surface area contributed by atoms with Crippen molar-refractivity contribution >= 4 is 11.9 Å². The van der Waals surface area contributed by atoms with Crippen LogP contribution in [0.2, 0.25) is 0 Å². The van der Waals surface area contributed by atoms with Crippen LogP contribution in [0.5, 0.6) is 0 Å². The molecule has 0 unspecified atom stereocenters. The molecule has 2 rings (SSSR count). The van der Waals surface area contributed by atoms with Crippen LogP contribution in [0, 0.1) is 0 Å². The molecule has 0 saturated carbocycles. The monoisotopic (exact) mass is 214 g/mol. The maximum atomic E-state index is 12.5.